The number of nitrogens with one attached hydrogen (secondary N) is 3. The zero-order valence-electron chi connectivity index (χ0n) is 11.0. The number of nitrogens with zero attached hydrogens (tertiary/aromatic N) is 3. The minimum absolute atomic E-state index is 0.134. The number of anilines is 2. The van der Waals surface area contributed by atoms with Gasteiger partial charge in [-0.3, -0.25) is 5.10 Å². The Labute approximate surface area is 116 Å². The van der Waals surface area contributed by atoms with E-state index in [-0.39, 0.29) is 17.4 Å². The molecule has 0 saturated carbocycles. The van der Waals surface area contributed by atoms with Crippen molar-refractivity contribution in [2.24, 2.45) is 5.92 Å². The first kappa shape index (κ1) is 13.1. The Morgan fingerprint density at radius 3 is 3.00 bits per heavy atom. The Morgan fingerprint density at radius 2 is 2.30 bits per heavy atom. The summed E-state index contributed by atoms with van der Waals surface area (Å²) < 4.78 is 22.9. The van der Waals surface area contributed by atoms with Gasteiger partial charge in [-0.15, -0.1) is 0 Å². The normalized spacial score (nSPS) is 21.1. The number of sulfone groups is 1. The Bertz CT molecular complexity index is 726. The Morgan fingerprint density at radius 1 is 1.45 bits per heavy atom. The molecule has 0 radical (unpaired) electrons. The van der Waals surface area contributed by atoms with E-state index >= 15 is 0 Å². The number of H-pyrrole nitrogens is 1. The lowest BCUT2D eigenvalue weighted by Gasteiger charge is -2.11. The Kier molecular flexibility index (Phi) is 3.20. The van der Waals surface area contributed by atoms with E-state index in [2.05, 4.69) is 30.8 Å². The van der Waals surface area contributed by atoms with Crippen LogP contribution in [-0.4, -0.2) is 53.7 Å². The topological polar surface area (TPSA) is 113 Å². The van der Waals surface area contributed by atoms with Crippen LogP contribution in [0.5, 0.6) is 0 Å². The molecule has 0 aromatic carbocycles. The summed E-state index contributed by atoms with van der Waals surface area (Å²) in [7, 11) is -1.11. The van der Waals surface area contributed by atoms with Crippen LogP contribution in [-0.2, 0) is 9.84 Å². The SMILES string of the molecule is CNc1nc(NCC2CCS(=O)(=O)C2)c2cn[nH]c2n1. The minimum atomic E-state index is -2.85. The molecule has 9 heteroatoms. The third-order valence-electron chi connectivity index (χ3n) is 3.42. The van der Waals surface area contributed by atoms with Crippen LogP contribution in [0.25, 0.3) is 11.0 Å². The molecule has 0 amide bonds. The molecule has 1 aliphatic rings. The Balaban J connectivity index is 1.78. The summed E-state index contributed by atoms with van der Waals surface area (Å²) in [4.78, 5) is 8.59. The lowest BCUT2D eigenvalue weighted by atomic mass is 10.1. The molecule has 108 valence electrons. The van der Waals surface area contributed by atoms with Gasteiger partial charge in [0.25, 0.3) is 0 Å². The van der Waals surface area contributed by atoms with Gasteiger partial charge in [-0.1, -0.05) is 0 Å². The van der Waals surface area contributed by atoms with E-state index in [4.69, 9.17) is 0 Å². The van der Waals surface area contributed by atoms with Crippen molar-refractivity contribution in [2.75, 3.05) is 35.7 Å². The van der Waals surface area contributed by atoms with Crippen molar-refractivity contribution in [3.63, 3.8) is 0 Å². The number of hydrogen-bond donors (Lipinski definition) is 3. The van der Waals surface area contributed by atoms with Crippen molar-refractivity contribution >= 4 is 32.6 Å². The first-order valence-corrected chi connectivity index (χ1v) is 8.23. The molecule has 1 fully saturated rings. The highest BCUT2D eigenvalue weighted by Crippen LogP contribution is 2.22. The van der Waals surface area contributed by atoms with Crippen molar-refractivity contribution in [1.82, 2.24) is 20.2 Å². The number of hydrogen-bond acceptors (Lipinski definition) is 7. The second kappa shape index (κ2) is 4.89. The maximum absolute atomic E-state index is 11.4. The maximum Gasteiger partial charge on any atom is 0.226 e. The van der Waals surface area contributed by atoms with Crippen LogP contribution >= 0.6 is 0 Å². The minimum Gasteiger partial charge on any atom is -0.369 e. The van der Waals surface area contributed by atoms with E-state index in [0.717, 1.165) is 5.39 Å². The Hall–Kier alpha value is -1.90. The van der Waals surface area contributed by atoms with Crippen molar-refractivity contribution in [1.29, 1.82) is 0 Å². The van der Waals surface area contributed by atoms with Gasteiger partial charge < -0.3 is 10.6 Å². The zero-order valence-corrected chi connectivity index (χ0v) is 11.9. The average Bonchev–Trinajstić information content (AvgIpc) is 3.01. The molecule has 3 heterocycles. The van der Waals surface area contributed by atoms with Crippen LogP contribution in [0.15, 0.2) is 6.20 Å². The lowest BCUT2D eigenvalue weighted by Crippen LogP contribution is -2.16. The number of aromatic nitrogens is 4. The summed E-state index contributed by atoms with van der Waals surface area (Å²) in [6.45, 7) is 0.583. The molecule has 20 heavy (non-hydrogen) atoms. The van der Waals surface area contributed by atoms with Crippen LogP contribution in [0.4, 0.5) is 11.8 Å². The first-order chi connectivity index (χ1) is 9.57. The van der Waals surface area contributed by atoms with Gasteiger partial charge in [0.05, 0.1) is 23.1 Å². The summed E-state index contributed by atoms with van der Waals surface area (Å²) in [5, 5.41) is 13.6. The van der Waals surface area contributed by atoms with Crippen LogP contribution in [0.3, 0.4) is 0 Å². The summed E-state index contributed by atoms with van der Waals surface area (Å²) in [5.41, 5.74) is 0.644. The molecule has 2 aromatic heterocycles. The molecule has 1 saturated heterocycles. The van der Waals surface area contributed by atoms with Crippen molar-refractivity contribution in [3.8, 4) is 0 Å². The molecular weight excluding hydrogens is 280 g/mol. The van der Waals surface area contributed by atoms with Crippen LogP contribution in [0.1, 0.15) is 6.42 Å². The van der Waals surface area contributed by atoms with Gasteiger partial charge in [-0.05, 0) is 12.3 Å². The highest BCUT2D eigenvalue weighted by Gasteiger charge is 2.27. The predicted octanol–water partition coefficient (Wildman–Crippen LogP) is 0.241. The zero-order chi connectivity index (χ0) is 14.2. The first-order valence-electron chi connectivity index (χ1n) is 6.40. The standard InChI is InChI=1S/C11H16N6O2S/c1-12-11-15-9(8-5-14-17-10(8)16-11)13-4-7-2-3-20(18,19)6-7/h5,7H,2-4,6H2,1H3,(H3,12,13,14,15,16,17). The van der Waals surface area contributed by atoms with Crippen LogP contribution in [0.2, 0.25) is 0 Å². The van der Waals surface area contributed by atoms with Gasteiger partial charge in [0.2, 0.25) is 5.95 Å². The second-order valence-electron chi connectivity index (χ2n) is 4.93. The second-order valence-corrected chi connectivity index (χ2v) is 7.16. The molecule has 2 aromatic rings. The molecule has 1 unspecified atom stereocenters. The summed E-state index contributed by atoms with van der Waals surface area (Å²) in [5.74, 6) is 1.82. The van der Waals surface area contributed by atoms with Crippen molar-refractivity contribution < 1.29 is 8.42 Å². The lowest BCUT2D eigenvalue weighted by molar-refractivity contribution is 0.596. The van der Waals surface area contributed by atoms with Crippen molar-refractivity contribution in [3.05, 3.63) is 6.20 Å². The molecule has 0 aliphatic carbocycles. The highest BCUT2D eigenvalue weighted by atomic mass is 32.2. The van der Waals surface area contributed by atoms with Gasteiger partial charge in [-0.25, -0.2) is 8.42 Å². The third kappa shape index (κ3) is 2.53. The van der Waals surface area contributed by atoms with E-state index in [1.54, 1.807) is 13.2 Å². The van der Waals surface area contributed by atoms with Crippen LogP contribution < -0.4 is 10.6 Å². The average molecular weight is 296 g/mol. The van der Waals surface area contributed by atoms with Gasteiger partial charge in [0.1, 0.15) is 5.82 Å². The van der Waals surface area contributed by atoms with Gasteiger partial charge in [0.15, 0.2) is 15.5 Å². The predicted molar refractivity (Wildman–Crippen MR) is 76.5 cm³/mol. The van der Waals surface area contributed by atoms with E-state index in [1.165, 1.54) is 0 Å². The van der Waals surface area contributed by atoms with Gasteiger partial charge in [-0.2, -0.15) is 15.1 Å². The smallest absolute Gasteiger partial charge is 0.226 e. The van der Waals surface area contributed by atoms with E-state index in [9.17, 15) is 8.42 Å². The molecular formula is C11H16N6O2S. The molecule has 1 atom stereocenters. The van der Waals surface area contributed by atoms with Crippen molar-refractivity contribution in [2.45, 2.75) is 6.42 Å². The third-order valence-corrected chi connectivity index (χ3v) is 5.26. The summed E-state index contributed by atoms with van der Waals surface area (Å²) in [6, 6.07) is 0. The van der Waals surface area contributed by atoms with Crippen LogP contribution in [0, 0.1) is 5.92 Å². The molecule has 3 rings (SSSR count). The maximum atomic E-state index is 11.4. The number of aromatic amines is 1. The monoisotopic (exact) mass is 296 g/mol. The molecule has 1 aliphatic heterocycles. The molecule has 8 nitrogen and oxygen atoms in total. The fourth-order valence-electron chi connectivity index (χ4n) is 2.36. The van der Waals surface area contributed by atoms with Gasteiger partial charge >= 0.3 is 0 Å². The van der Waals surface area contributed by atoms with Gasteiger partial charge in [0, 0.05) is 13.6 Å². The fraction of sp³-hybridized carbons (Fsp3) is 0.545. The van der Waals surface area contributed by atoms with E-state index in [1.807, 2.05) is 0 Å². The summed E-state index contributed by atoms with van der Waals surface area (Å²) >= 11 is 0. The molecule has 0 spiro atoms. The quantitative estimate of drug-likeness (QED) is 0.740. The largest absolute Gasteiger partial charge is 0.369 e. The fourth-order valence-corrected chi connectivity index (χ4v) is 4.22. The number of rotatable bonds is 4. The van der Waals surface area contributed by atoms with E-state index in [0.29, 0.717) is 30.4 Å². The highest BCUT2D eigenvalue weighted by molar-refractivity contribution is 7.91. The molecule has 0 bridgehead atoms. The number of fused-ring (bicyclic) bond motifs is 1. The van der Waals surface area contributed by atoms with E-state index < -0.39 is 9.84 Å². The summed E-state index contributed by atoms with van der Waals surface area (Å²) in [6.07, 6.45) is 2.36. The molecule has 3 N–H and O–H groups in total.